The van der Waals surface area contributed by atoms with E-state index < -0.39 is 0 Å². The average molecular weight is 268 g/mol. The van der Waals surface area contributed by atoms with Gasteiger partial charge in [0.25, 0.3) is 0 Å². The fraction of sp³-hybridized carbons (Fsp3) is 0.846. The van der Waals surface area contributed by atoms with Crippen molar-refractivity contribution >= 4 is 11.8 Å². The van der Waals surface area contributed by atoms with Crippen LogP contribution in [0.3, 0.4) is 0 Å². The van der Waals surface area contributed by atoms with Crippen LogP contribution in [0.1, 0.15) is 19.8 Å². The summed E-state index contributed by atoms with van der Waals surface area (Å²) in [6, 6.07) is 0.132. The first kappa shape index (κ1) is 14.3. The van der Waals surface area contributed by atoms with E-state index >= 15 is 0 Å². The molecule has 0 spiro atoms. The molecule has 19 heavy (non-hydrogen) atoms. The van der Waals surface area contributed by atoms with Crippen molar-refractivity contribution in [3.05, 3.63) is 0 Å². The quantitative estimate of drug-likeness (QED) is 0.690. The maximum atomic E-state index is 12.2. The van der Waals surface area contributed by atoms with Crippen LogP contribution in [0.4, 0.5) is 0 Å². The van der Waals surface area contributed by atoms with Gasteiger partial charge in [0.15, 0.2) is 0 Å². The highest BCUT2D eigenvalue weighted by atomic mass is 16.2. The Balaban J connectivity index is 1.75. The zero-order valence-electron chi connectivity index (χ0n) is 11.7. The van der Waals surface area contributed by atoms with Gasteiger partial charge in [-0.25, -0.2) is 0 Å². The van der Waals surface area contributed by atoms with Gasteiger partial charge in [0, 0.05) is 39.1 Å². The van der Waals surface area contributed by atoms with E-state index in [2.05, 4.69) is 15.5 Å². The molecule has 6 nitrogen and oxygen atoms in total. The van der Waals surface area contributed by atoms with Crippen molar-refractivity contribution in [3.8, 4) is 0 Å². The summed E-state index contributed by atoms with van der Waals surface area (Å²) < 4.78 is 0. The van der Waals surface area contributed by atoms with Gasteiger partial charge in [-0.2, -0.15) is 0 Å². The molecule has 2 saturated heterocycles. The number of likely N-dealkylation sites (tertiary alicyclic amines) is 1. The highest BCUT2D eigenvalue weighted by Crippen LogP contribution is 2.10. The predicted octanol–water partition coefficient (Wildman–Crippen LogP) is -0.981. The number of carbonyl (C=O) groups excluding carboxylic acids is 2. The number of hydrogen-bond acceptors (Lipinski definition) is 4. The van der Waals surface area contributed by atoms with E-state index in [1.54, 1.807) is 0 Å². The van der Waals surface area contributed by atoms with Gasteiger partial charge in [0.05, 0.1) is 6.54 Å². The lowest BCUT2D eigenvalue weighted by atomic mass is 10.2. The number of hydrogen-bond donors (Lipinski definition) is 2. The van der Waals surface area contributed by atoms with Crippen LogP contribution < -0.4 is 10.6 Å². The zero-order valence-corrected chi connectivity index (χ0v) is 11.7. The lowest BCUT2D eigenvalue weighted by molar-refractivity contribution is -0.131. The topological polar surface area (TPSA) is 64.7 Å². The molecule has 2 amide bonds. The summed E-state index contributed by atoms with van der Waals surface area (Å²) in [5, 5.41) is 6.22. The van der Waals surface area contributed by atoms with Gasteiger partial charge in [-0.1, -0.05) is 0 Å². The van der Waals surface area contributed by atoms with Crippen molar-refractivity contribution < 1.29 is 9.59 Å². The molecule has 1 atom stereocenters. The van der Waals surface area contributed by atoms with E-state index in [1.165, 1.54) is 6.92 Å². The monoisotopic (exact) mass is 268 g/mol. The van der Waals surface area contributed by atoms with E-state index in [4.69, 9.17) is 0 Å². The normalized spacial score (nSPS) is 25.1. The Morgan fingerprint density at radius 1 is 1.26 bits per heavy atom. The van der Waals surface area contributed by atoms with Gasteiger partial charge in [-0.15, -0.1) is 0 Å². The number of rotatable bonds is 3. The maximum absolute atomic E-state index is 12.2. The van der Waals surface area contributed by atoms with Crippen molar-refractivity contribution in [1.82, 2.24) is 20.4 Å². The third-order valence-electron chi connectivity index (χ3n) is 3.74. The van der Waals surface area contributed by atoms with E-state index in [0.717, 1.165) is 45.6 Å². The maximum Gasteiger partial charge on any atom is 0.236 e. The Labute approximate surface area is 114 Å². The van der Waals surface area contributed by atoms with E-state index in [9.17, 15) is 9.59 Å². The van der Waals surface area contributed by atoms with Crippen LogP contribution in [0.5, 0.6) is 0 Å². The molecule has 2 rings (SSSR count). The lowest BCUT2D eigenvalue weighted by Gasteiger charge is -2.23. The third kappa shape index (κ3) is 4.47. The molecular formula is C13H24N4O2. The summed E-state index contributed by atoms with van der Waals surface area (Å²) in [4.78, 5) is 27.3. The molecule has 6 heteroatoms. The van der Waals surface area contributed by atoms with Crippen molar-refractivity contribution in [2.45, 2.75) is 25.8 Å². The molecule has 0 aliphatic carbocycles. The number of amides is 2. The second-order valence-electron chi connectivity index (χ2n) is 5.41. The van der Waals surface area contributed by atoms with Crippen molar-refractivity contribution in [2.75, 3.05) is 45.8 Å². The second kappa shape index (κ2) is 6.86. The van der Waals surface area contributed by atoms with Gasteiger partial charge in [-0.05, 0) is 25.9 Å². The first-order valence-corrected chi connectivity index (χ1v) is 7.13. The van der Waals surface area contributed by atoms with Gasteiger partial charge in [0.2, 0.25) is 11.8 Å². The van der Waals surface area contributed by atoms with Gasteiger partial charge >= 0.3 is 0 Å². The third-order valence-corrected chi connectivity index (χ3v) is 3.74. The van der Waals surface area contributed by atoms with Crippen molar-refractivity contribution in [3.63, 3.8) is 0 Å². The molecule has 108 valence electrons. The minimum absolute atomic E-state index is 0.0158. The zero-order chi connectivity index (χ0) is 13.7. The number of carbonyl (C=O) groups is 2. The fourth-order valence-electron chi connectivity index (χ4n) is 2.74. The Kier molecular flexibility index (Phi) is 5.15. The molecule has 2 N–H and O–H groups in total. The van der Waals surface area contributed by atoms with Crippen LogP contribution in [0.25, 0.3) is 0 Å². The van der Waals surface area contributed by atoms with E-state index in [-0.39, 0.29) is 17.9 Å². The van der Waals surface area contributed by atoms with Gasteiger partial charge < -0.3 is 15.5 Å². The second-order valence-corrected chi connectivity index (χ2v) is 5.41. The minimum atomic E-state index is -0.0158. The molecule has 2 heterocycles. The highest BCUT2D eigenvalue weighted by Gasteiger charge is 2.27. The molecule has 1 unspecified atom stereocenters. The largest absolute Gasteiger partial charge is 0.352 e. The van der Waals surface area contributed by atoms with Crippen LogP contribution in [-0.2, 0) is 9.59 Å². The summed E-state index contributed by atoms with van der Waals surface area (Å²) in [5.41, 5.74) is 0. The Morgan fingerprint density at radius 3 is 2.89 bits per heavy atom. The SMILES string of the molecule is CC(=O)NC1CCN(C(=O)CN2CCCNCC2)C1. The van der Waals surface area contributed by atoms with Gasteiger partial charge in [-0.3, -0.25) is 14.5 Å². The molecule has 0 aromatic rings. The van der Waals surface area contributed by atoms with Crippen LogP contribution in [-0.4, -0.2) is 73.5 Å². The molecule has 0 radical (unpaired) electrons. The summed E-state index contributed by atoms with van der Waals surface area (Å²) in [5.74, 6) is 0.174. The standard InChI is InChI=1S/C13H24N4O2/c1-11(18)15-12-3-7-17(9-12)13(19)10-16-6-2-4-14-5-8-16/h12,14H,2-10H2,1H3,(H,15,18). The Bertz CT molecular complexity index is 327. The summed E-state index contributed by atoms with van der Waals surface area (Å²) in [7, 11) is 0. The average Bonchev–Trinajstić information content (AvgIpc) is 2.66. The van der Waals surface area contributed by atoms with Crippen molar-refractivity contribution in [1.29, 1.82) is 0 Å². The summed E-state index contributed by atoms with van der Waals surface area (Å²) >= 11 is 0. The van der Waals surface area contributed by atoms with Crippen LogP contribution in [0.2, 0.25) is 0 Å². The minimum Gasteiger partial charge on any atom is -0.352 e. The molecular weight excluding hydrogens is 244 g/mol. The van der Waals surface area contributed by atoms with Crippen molar-refractivity contribution in [2.24, 2.45) is 0 Å². The highest BCUT2D eigenvalue weighted by molar-refractivity contribution is 5.79. The van der Waals surface area contributed by atoms with E-state index in [1.807, 2.05) is 4.90 Å². The predicted molar refractivity (Wildman–Crippen MR) is 72.7 cm³/mol. The molecule has 0 saturated carbocycles. The molecule has 0 aromatic carbocycles. The molecule has 2 aliphatic heterocycles. The van der Waals surface area contributed by atoms with Crippen LogP contribution >= 0.6 is 0 Å². The first-order chi connectivity index (χ1) is 9.15. The van der Waals surface area contributed by atoms with Crippen LogP contribution in [0.15, 0.2) is 0 Å². The molecule has 0 aromatic heterocycles. The number of nitrogens with one attached hydrogen (secondary N) is 2. The number of nitrogens with zero attached hydrogens (tertiary/aromatic N) is 2. The van der Waals surface area contributed by atoms with E-state index in [0.29, 0.717) is 13.1 Å². The Hall–Kier alpha value is -1.14. The smallest absolute Gasteiger partial charge is 0.236 e. The summed E-state index contributed by atoms with van der Waals surface area (Å²) in [6.07, 6.45) is 1.97. The molecule has 2 fully saturated rings. The Morgan fingerprint density at radius 2 is 2.11 bits per heavy atom. The lowest BCUT2D eigenvalue weighted by Crippen LogP contribution is -2.42. The van der Waals surface area contributed by atoms with Gasteiger partial charge in [0.1, 0.15) is 0 Å². The molecule has 2 aliphatic rings. The molecule has 0 bridgehead atoms. The van der Waals surface area contributed by atoms with Crippen LogP contribution in [0, 0.1) is 0 Å². The summed E-state index contributed by atoms with van der Waals surface area (Å²) in [6.45, 7) is 7.38. The first-order valence-electron chi connectivity index (χ1n) is 7.13. The fourth-order valence-corrected chi connectivity index (χ4v) is 2.74.